The van der Waals surface area contributed by atoms with Gasteiger partial charge in [0.2, 0.25) is 5.91 Å². The number of hydrogen-bond donors (Lipinski definition) is 1. The van der Waals surface area contributed by atoms with Crippen molar-refractivity contribution in [2.45, 2.75) is 69.9 Å². The third kappa shape index (κ3) is 3.60. The molecule has 1 aliphatic carbocycles. The van der Waals surface area contributed by atoms with Gasteiger partial charge in [-0.3, -0.25) is 4.79 Å². The number of likely N-dealkylation sites (tertiary alicyclic amines) is 3. The second-order valence-electron chi connectivity index (χ2n) is 9.39. The second-order valence-corrected chi connectivity index (χ2v) is 9.39. The first kappa shape index (κ1) is 19.9. The van der Waals surface area contributed by atoms with Crippen molar-refractivity contribution in [1.29, 1.82) is 0 Å². The van der Waals surface area contributed by atoms with E-state index < -0.39 is 18.6 Å². The number of amides is 2. The minimum atomic E-state index is -2.76. The molecule has 6 nitrogen and oxygen atoms in total. The van der Waals surface area contributed by atoms with Gasteiger partial charge in [-0.25, -0.2) is 13.6 Å². The Morgan fingerprint density at radius 1 is 1.07 bits per heavy atom. The van der Waals surface area contributed by atoms with Crippen LogP contribution in [0.1, 0.15) is 51.9 Å². The maximum Gasteiger partial charge on any atom is 0.407 e. The molecule has 1 saturated carbocycles. The number of carbonyl (C=O) groups is 2. The SMILES string of the molecule is CCC(=O)N1CC(F)(F)C[C@H]1C1CCN(C2CC3(CCN(C(=O)O)C3)C2)CC1. The highest BCUT2D eigenvalue weighted by molar-refractivity contribution is 5.76. The molecule has 1 N–H and O–H groups in total. The maximum absolute atomic E-state index is 14.0. The summed E-state index contributed by atoms with van der Waals surface area (Å²) in [5, 5.41) is 9.16. The zero-order valence-corrected chi connectivity index (χ0v) is 16.6. The lowest BCUT2D eigenvalue weighted by molar-refractivity contribution is -0.134. The molecular formula is C20H31F2N3O3. The molecule has 2 amide bonds. The Morgan fingerprint density at radius 3 is 2.32 bits per heavy atom. The van der Waals surface area contributed by atoms with E-state index >= 15 is 0 Å². The molecule has 1 spiro atoms. The fourth-order valence-corrected chi connectivity index (χ4v) is 6.04. The number of nitrogens with zero attached hydrogens (tertiary/aromatic N) is 3. The van der Waals surface area contributed by atoms with Crippen LogP contribution in [0.2, 0.25) is 0 Å². The molecule has 3 saturated heterocycles. The number of carboxylic acid groups (broad SMARTS) is 1. The smallest absolute Gasteiger partial charge is 0.407 e. The minimum Gasteiger partial charge on any atom is -0.465 e. The van der Waals surface area contributed by atoms with Crippen molar-refractivity contribution in [2.75, 3.05) is 32.7 Å². The van der Waals surface area contributed by atoms with Crippen molar-refractivity contribution in [1.82, 2.24) is 14.7 Å². The second kappa shape index (κ2) is 7.11. The zero-order chi connectivity index (χ0) is 20.1. The van der Waals surface area contributed by atoms with Gasteiger partial charge in [0.05, 0.1) is 6.54 Å². The monoisotopic (exact) mass is 399 g/mol. The lowest BCUT2D eigenvalue weighted by atomic mass is 9.64. The van der Waals surface area contributed by atoms with Crippen LogP contribution in [0.25, 0.3) is 0 Å². The van der Waals surface area contributed by atoms with E-state index in [4.69, 9.17) is 5.11 Å². The van der Waals surface area contributed by atoms with E-state index in [1.807, 2.05) is 0 Å². The standard InChI is InChI=1S/C20H31F2N3O3/c1-2-17(26)25-13-20(21,22)11-16(25)14-3-6-23(7-4-14)15-9-19(10-15)5-8-24(12-19)18(27)28/h14-16H,2-13H2,1H3,(H,27,28)/t15?,16-,19?/m0/s1. The first-order valence-electron chi connectivity index (χ1n) is 10.6. The van der Waals surface area contributed by atoms with E-state index in [1.165, 1.54) is 9.80 Å². The summed E-state index contributed by atoms with van der Waals surface area (Å²) in [7, 11) is 0. The van der Waals surface area contributed by atoms with Crippen molar-refractivity contribution < 1.29 is 23.5 Å². The van der Waals surface area contributed by atoms with Gasteiger partial charge >= 0.3 is 6.09 Å². The molecule has 1 atom stereocenters. The van der Waals surface area contributed by atoms with Crippen LogP contribution in [0.5, 0.6) is 0 Å². The van der Waals surface area contributed by atoms with Crippen LogP contribution < -0.4 is 0 Å². The Labute approximate surface area is 164 Å². The normalized spacial score (nSPS) is 36.1. The largest absolute Gasteiger partial charge is 0.465 e. The van der Waals surface area contributed by atoms with Gasteiger partial charge in [0, 0.05) is 38.0 Å². The van der Waals surface area contributed by atoms with E-state index in [0.29, 0.717) is 19.1 Å². The fraction of sp³-hybridized carbons (Fsp3) is 0.900. The van der Waals surface area contributed by atoms with E-state index in [2.05, 4.69) is 4.90 Å². The molecule has 4 aliphatic rings. The molecule has 4 fully saturated rings. The van der Waals surface area contributed by atoms with E-state index in [9.17, 15) is 18.4 Å². The van der Waals surface area contributed by atoms with Gasteiger partial charge in [0.25, 0.3) is 5.92 Å². The molecule has 0 bridgehead atoms. The minimum absolute atomic E-state index is 0.156. The lowest BCUT2D eigenvalue weighted by Crippen LogP contribution is -2.55. The summed E-state index contributed by atoms with van der Waals surface area (Å²) in [6.07, 6.45) is 4.03. The number of piperidine rings is 1. The van der Waals surface area contributed by atoms with Crippen molar-refractivity contribution in [3.63, 3.8) is 0 Å². The molecule has 158 valence electrons. The summed E-state index contributed by atoms with van der Waals surface area (Å²) in [5.41, 5.74) is 0.164. The van der Waals surface area contributed by atoms with Gasteiger partial charge in [-0.1, -0.05) is 6.92 Å². The zero-order valence-electron chi connectivity index (χ0n) is 16.6. The van der Waals surface area contributed by atoms with Gasteiger partial charge in [-0.05, 0) is 56.5 Å². The van der Waals surface area contributed by atoms with Gasteiger partial charge in [0.1, 0.15) is 0 Å². The highest BCUT2D eigenvalue weighted by atomic mass is 19.3. The molecule has 0 aromatic heterocycles. The Morgan fingerprint density at radius 2 is 1.75 bits per heavy atom. The van der Waals surface area contributed by atoms with Crippen molar-refractivity contribution in [3.05, 3.63) is 0 Å². The molecule has 0 aromatic rings. The third-order valence-electron chi connectivity index (χ3n) is 7.61. The van der Waals surface area contributed by atoms with Gasteiger partial charge < -0.3 is 19.8 Å². The van der Waals surface area contributed by atoms with Crippen LogP contribution in [-0.2, 0) is 4.79 Å². The predicted molar refractivity (Wildman–Crippen MR) is 99.3 cm³/mol. The van der Waals surface area contributed by atoms with Crippen LogP contribution in [-0.4, -0.2) is 82.5 Å². The van der Waals surface area contributed by atoms with E-state index in [-0.39, 0.29) is 36.1 Å². The molecule has 28 heavy (non-hydrogen) atoms. The number of alkyl halides is 2. The molecule has 3 heterocycles. The fourth-order valence-electron chi connectivity index (χ4n) is 6.04. The van der Waals surface area contributed by atoms with Gasteiger partial charge in [0.15, 0.2) is 0 Å². The van der Waals surface area contributed by atoms with Crippen LogP contribution in [0.4, 0.5) is 13.6 Å². The third-order valence-corrected chi connectivity index (χ3v) is 7.61. The molecule has 0 aromatic carbocycles. The predicted octanol–water partition coefficient (Wildman–Crippen LogP) is 2.88. The van der Waals surface area contributed by atoms with Gasteiger partial charge in [-0.15, -0.1) is 0 Å². The summed E-state index contributed by atoms with van der Waals surface area (Å²) in [6, 6.07) is 0.171. The van der Waals surface area contributed by atoms with Crippen LogP contribution in [0.3, 0.4) is 0 Å². The first-order chi connectivity index (χ1) is 13.2. The Bertz CT molecular complexity index is 630. The summed E-state index contributed by atoms with van der Waals surface area (Å²) >= 11 is 0. The summed E-state index contributed by atoms with van der Waals surface area (Å²) < 4.78 is 27.9. The number of halogens is 2. The average molecular weight is 399 g/mol. The van der Waals surface area contributed by atoms with Gasteiger partial charge in [-0.2, -0.15) is 0 Å². The first-order valence-corrected chi connectivity index (χ1v) is 10.6. The Hall–Kier alpha value is -1.44. The maximum atomic E-state index is 14.0. The average Bonchev–Trinajstić information content (AvgIpc) is 3.21. The molecular weight excluding hydrogens is 368 g/mol. The van der Waals surface area contributed by atoms with Crippen LogP contribution in [0.15, 0.2) is 0 Å². The summed E-state index contributed by atoms with van der Waals surface area (Å²) in [5.74, 6) is -2.76. The van der Waals surface area contributed by atoms with Crippen LogP contribution >= 0.6 is 0 Å². The molecule has 8 heteroatoms. The van der Waals surface area contributed by atoms with Crippen molar-refractivity contribution in [2.24, 2.45) is 11.3 Å². The summed E-state index contributed by atoms with van der Waals surface area (Å²) in [6.45, 7) is 4.39. The number of rotatable bonds is 3. The highest BCUT2D eigenvalue weighted by Gasteiger charge is 2.53. The topological polar surface area (TPSA) is 64.1 Å². The number of carbonyl (C=O) groups excluding carboxylic acids is 1. The molecule has 4 rings (SSSR count). The highest BCUT2D eigenvalue weighted by Crippen LogP contribution is 2.51. The quantitative estimate of drug-likeness (QED) is 0.793. The van der Waals surface area contributed by atoms with Crippen LogP contribution in [0, 0.1) is 11.3 Å². The Kier molecular flexibility index (Phi) is 5.04. The number of hydrogen-bond acceptors (Lipinski definition) is 3. The van der Waals surface area contributed by atoms with Crippen molar-refractivity contribution in [3.8, 4) is 0 Å². The molecule has 0 radical (unpaired) electrons. The van der Waals surface area contributed by atoms with E-state index in [1.54, 1.807) is 6.92 Å². The molecule has 0 unspecified atom stereocenters. The van der Waals surface area contributed by atoms with E-state index in [0.717, 1.165) is 45.2 Å². The molecule has 3 aliphatic heterocycles. The summed E-state index contributed by atoms with van der Waals surface area (Å²) in [4.78, 5) is 28.7. The van der Waals surface area contributed by atoms with Crippen molar-refractivity contribution >= 4 is 12.0 Å². The lowest BCUT2D eigenvalue weighted by Gasteiger charge is -2.52. The Balaban J connectivity index is 1.29.